The first-order chi connectivity index (χ1) is 9.60. The minimum Gasteiger partial charge on any atom is -0.383 e. The Balaban J connectivity index is 2.01. The van der Waals surface area contributed by atoms with Crippen LogP contribution < -0.4 is 16.1 Å². The van der Waals surface area contributed by atoms with Crippen LogP contribution in [0.2, 0.25) is 0 Å². The van der Waals surface area contributed by atoms with Crippen molar-refractivity contribution in [3.05, 3.63) is 53.2 Å². The number of hydrazine groups is 1. The molecule has 2 aliphatic rings. The molecule has 0 aromatic heterocycles. The molecule has 0 amide bonds. The first kappa shape index (κ1) is 12.6. The number of hydrogen-bond donors (Lipinski definition) is 2. The summed E-state index contributed by atoms with van der Waals surface area (Å²) >= 11 is 0. The molecule has 3 rings (SSSR count). The van der Waals surface area contributed by atoms with Crippen molar-refractivity contribution in [1.82, 2.24) is 10.4 Å². The topological polar surface area (TPSA) is 56.9 Å². The van der Waals surface area contributed by atoms with E-state index < -0.39 is 0 Å². The van der Waals surface area contributed by atoms with Crippen LogP contribution in [0.4, 0.5) is 5.69 Å². The fourth-order valence-electron chi connectivity index (χ4n) is 2.50. The van der Waals surface area contributed by atoms with Gasteiger partial charge in [0.05, 0.1) is 0 Å². The molecule has 0 radical (unpaired) electrons. The Hall–Kier alpha value is -2.43. The smallest absolute Gasteiger partial charge is 0.137 e. The number of hydrogen-bond acceptors (Lipinski definition) is 5. The van der Waals surface area contributed by atoms with Crippen molar-refractivity contribution in [1.29, 1.82) is 0 Å². The fourth-order valence-corrected chi connectivity index (χ4v) is 2.50. The van der Waals surface area contributed by atoms with E-state index in [4.69, 9.17) is 5.73 Å². The van der Waals surface area contributed by atoms with E-state index in [2.05, 4.69) is 41.6 Å². The molecule has 1 aromatic carbocycles. The summed E-state index contributed by atoms with van der Waals surface area (Å²) in [6.45, 7) is 4.12. The van der Waals surface area contributed by atoms with Crippen molar-refractivity contribution in [2.75, 3.05) is 11.9 Å². The molecule has 0 unspecified atom stereocenters. The number of anilines is 1. The molecule has 0 bridgehead atoms. The van der Waals surface area contributed by atoms with Gasteiger partial charge in [-0.2, -0.15) is 0 Å². The predicted octanol–water partition coefficient (Wildman–Crippen LogP) is 1.91. The maximum absolute atomic E-state index is 6.31. The van der Waals surface area contributed by atoms with Crippen LogP contribution in [0.5, 0.6) is 0 Å². The standard InChI is InChI=1S/C15H19N5/c1-4-11-5-7-12(8-6-11)20-10(2)17-13-9-19(3)18-14(13)15(20)16/h5-9,18H,4,16H2,1-3H3. The van der Waals surface area contributed by atoms with Gasteiger partial charge in [-0.3, -0.25) is 15.3 Å². The summed E-state index contributed by atoms with van der Waals surface area (Å²) in [5.41, 5.74) is 13.6. The molecule has 0 fully saturated rings. The molecule has 2 aliphatic heterocycles. The molecule has 0 saturated heterocycles. The highest BCUT2D eigenvalue weighted by Gasteiger charge is 2.28. The molecule has 3 N–H and O–H groups in total. The summed E-state index contributed by atoms with van der Waals surface area (Å²) in [5, 5.41) is 1.86. The third-order valence-electron chi connectivity index (χ3n) is 3.57. The van der Waals surface area contributed by atoms with Crippen LogP contribution in [-0.4, -0.2) is 17.9 Å². The van der Waals surface area contributed by atoms with Crippen LogP contribution in [0.3, 0.4) is 0 Å². The number of aryl methyl sites for hydroxylation is 1. The van der Waals surface area contributed by atoms with E-state index in [0.717, 1.165) is 29.3 Å². The van der Waals surface area contributed by atoms with Gasteiger partial charge in [-0.25, -0.2) is 4.99 Å². The number of benzene rings is 1. The molecule has 5 nitrogen and oxygen atoms in total. The second-order valence-electron chi connectivity index (χ2n) is 5.01. The minimum absolute atomic E-state index is 0.678. The minimum atomic E-state index is 0.678. The summed E-state index contributed by atoms with van der Waals surface area (Å²) in [4.78, 5) is 6.58. The molecule has 0 saturated carbocycles. The van der Waals surface area contributed by atoms with E-state index >= 15 is 0 Å². The van der Waals surface area contributed by atoms with Gasteiger partial charge in [0.2, 0.25) is 0 Å². The highest BCUT2D eigenvalue weighted by atomic mass is 15.5. The molecule has 2 heterocycles. The molecule has 104 valence electrons. The maximum Gasteiger partial charge on any atom is 0.137 e. The van der Waals surface area contributed by atoms with Crippen molar-refractivity contribution in [3.8, 4) is 0 Å². The van der Waals surface area contributed by atoms with Crippen molar-refractivity contribution in [2.24, 2.45) is 10.7 Å². The van der Waals surface area contributed by atoms with Gasteiger partial charge in [-0.15, -0.1) is 0 Å². The normalized spacial score (nSPS) is 17.8. The van der Waals surface area contributed by atoms with Crippen molar-refractivity contribution in [3.63, 3.8) is 0 Å². The van der Waals surface area contributed by atoms with Crippen LogP contribution in [0, 0.1) is 0 Å². The highest BCUT2D eigenvalue weighted by molar-refractivity contribution is 6.01. The number of aliphatic imine (C=N–C) groups is 1. The predicted molar refractivity (Wildman–Crippen MR) is 81.6 cm³/mol. The largest absolute Gasteiger partial charge is 0.383 e. The van der Waals surface area contributed by atoms with Gasteiger partial charge in [0.1, 0.15) is 23.1 Å². The number of rotatable bonds is 2. The number of nitrogens with one attached hydrogen (secondary N) is 1. The van der Waals surface area contributed by atoms with Gasteiger partial charge >= 0.3 is 0 Å². The van der Waals surface area contributed by atoms with E-state index in [-0.39, 0.29) is 0 Å². The lowest BCUT2D eigenvalue weighted by molar-refractivity contribution is 0.396. The van der Waals surface area contributed by atoms with Gasteiger partial charge in [-0.05, 0) is 31.0 Å². The summed E-state index contributed by atoms with van der Waals surface area (Å²) in [6.07, 6.45) is 2.96. The summed E-state index contributed by atoms with van der Waals surface area (Å²) in [5.74, 6) is 1.55. The van der Waals surface area contributed by atoms with Crippen LogP contribution >= 0.6 is 0 Å². The average Bonchev–Trinajstić information content (AvgIpc) is 2.80. The summed E-state index contributed by atoms with van der Waals surface area (Å²) < 4.78 is 0. The van der Waals surface area contributed by atoms with Crippen LogP contribution in [0.25, 0.3) is 0 Å². The lowest BCUT2D eigenvalue weighted by atomic mass is 10.1. The molecular formula is C15H19N5. The average molecular weight is 269 g/mol. The van der Waals surface area contributed by atoms with Crippen molar-refractivity contribution < 1.29 is 0 Å². The zero-order valence-corrected chi connectivity index (χ0v) is 12.0. The molecule has 5 heteroatoms. The van der Waals surface area contributed by atoms with E-state index in [0.29, 0.717) is 5.82 Å². The molecule has 0 aliphatic carbocycles. The van der Waals surface area contributed by atoms with Crippen molar-refractivity contribution in [2.45, 2.75) is 20.3 Å². The number of fused-ring (bicyclic) bond motifs is 1. The van der Waals surface area contributed by atoms with Gasteiger partial charge in [-0.1, -0.05) is 19.1 Å². The number of nitrogens with two attached hydrogens (primary N) is 1. The highest BCUT2D eigenvalue weighted by Crippen LogP contribution is 2.29. The number of nitrogens with zero attached hydrogens (tertiary/aromatic N) is 3. The first-order valence-corrected chi connectivity index (χ1v) is 6.76. The van der Waals surface area contributed by atoms with Gasteiger partial charge in [0.25, 0.3) is 0 Å². The Bertz CT molecular complexity index is 624. The molecule has 1 aromatic rings. The van der Waals surface area contributed by atoms with E-state index in [1.54, 1.807) is 0 Å². The van der Waals surface area contributed by atoms with Crippen LogP contribution in [0.1, 0.15) is 19.4 Å². The lowest BCUT2D eigenvalue weighted by Gasteiger charge is -2.29. The molecule has 0 atom stereocenters. The Morgan fingerprint density at radius 2 is 1.95 bits per heavy atom. The van der Waals surface area contributed by atoms with Gasteiger partial charge < -0.3 is 5.73 Å². The number of amidine groups is 1. The quantitative estimate of drug-likeness (QED) is 0.861. The Kier molecular flexibility index (Phi) is 2.89. The first-order valence-electron chi connectivity index (χ1n) is 6.76. The third kappa shape index (κ3) is 1.91. The maximum atomic E-state index is 6.31. The Labute approximate surface area is 119 Å². The van der Waals surface area contributed by atoms with E-state index in [9.17, 15) is 0 Å². The Morgan fingerprint density at radius 1 is 1.25 bits per heavy atom. The summed E-state index contributed by atoms with van der Waals surface area (Å²) in [7, 11) is 1.93. The Morgan fingerprint density at radius 3 is 2.60 bits per heavy atom. The van der Waals surface area contributed by atoms with E-state index in [1.165, 1.54) is 5.56 Å². The lowest BCUT2D eigenvalue weighted by Crippen LogP contribution is -2.39. The third-order valence-corrected chi connectivity index (χ3v) is 3.57. The van der Waals surface area contributed by atoms with Gasteiger partial charge in [0.15, 0.2) is 0 Å². The van der Waals surface area contributed by atoms with E-state index in [1.807, 2.05) is 30.1 Å². The van der Waals surface area contributed by atoms with Crippen LogP contribution in [0.15, 0.2) is 52.7 Å². The molecule has 20 heavy (non-hydrogen) atoms. The molecular weight excluding hydrogens is 250 g/mol. The fraction of sp³-hybridized carbons (Fsp3) is 0.267. The zero-order valence-electron chi connectivity index (χ0n) is 12.0. The molecule has 0 spiro atoms. The second kappa shape index (κ2) is 4.59. The second-order valence-corrected chi connectivity index (χ2v) is 5.01. The monoisotopic (exact) mass is 269 g/mol. The SMILES string of the molecule is CCc1ccc(N2C(C)=NC3=CN(C)NC3=C2N)cc1. The zero-order chi connectivity index (χ0) is 14.3. The van der Waals surface area contributed by atoms with Crippen molar-refractivity contribution >= 4 is 11.5 Å². The van der Waals surface area contributed by atoms with Crippen LogP contribution in [-0.2, 0) is 6.42 Å². The van der Waals surface area contributed by atoms with Gasteiger partial charge in [0, 0.05) is 18.9 Å². The summed E-state index contributed by atoms with van der Waals surface area (Å²) in [6, 6.07) is 8.41.